The Kier molecular flexibility index (Phi) is 8.51. The van der Waals surface area contributed by atoms with Crippen molar-refractivity contribution in [2.75, 3.05) is 13.1 Å². The van der Waals surface area contributed by atoms with Crippen molar-refractivity contribution in [3.05, 3.63) is 71.0 Å². The molecule has 4 aliphatic rings. The van der Waals surface area contributed by atoms with E-state index in [-0.39, 0.29) is 23.8 Å². The second-order valence-corrected chi connectivity index (χ2v) is 16.0. The van der Waals surface area contributed by atoms with Crippen molar-refractivity contribution >= 4 is 35.0 Å². The number of aryl methyl sites for hydroxylation is 1. The van der Waals surface area contributed by atoms with Crippen LogP contribution in [-0.4, -0.2) is 78.5 Å². The van der Waals surface area contributed by atoms with Crippen LogP contribution in [0.5, 0.6) is 0 Å². The van der Waals surface area contributed by atoms with Gasteiger partial charge in [-0.05, 0) is 114 Å². The van der Waals surface area contributed by atoms with Gasteiger partial charge in [0.2, 0.25) is 0 Å². The third-order valence-electron chi connectivity index (χ3n) is 9.86. The maximum atomic E-state index is 14.0. The normalized spacial score (nSPS) is 18.9. The highest BCUT2D eigenvalue weighted by Crippen LogP contribution is 2.39. The number of Topliss-reactive ketones (excluding diaryl/α,β-unsaturated/α-hetero) is 1. The molecule has 3 fully saturated rings. The number of ketones is 1. The molecule has 0 radical (unpaired) electrons. The number of amides is 2. The van der Waals surface area contributed by atoms with Gasteiger partial charge in [-0.2, -0.15) is 0 Å². The first kappa shape index (κ1) is 34.4. The van der Waals surface area contributed by atoms with Crippen molar-refractivity contribution in [1.82, 2.24) is 24.3 Å². The lowest BCUT2D eigenvalue weighted by Gasteiger charge is -2.46. The Morgan fingerprint density at radius 3 is 2.37 bits per heavy atom. The summed E-state index contributed by atoms with van der Waals surface area (Å²) in [5, 5.41) is 0. The molecule has 1 aliphatic carbocycles. The van der Waals surface area contributed by atoms with Crippen LogP contribution in [0.4, 0.5) is 9.59 Å². The number of urea groups is 1. The van der Waals surface area contributed by atoms with Crippen molar-refractivity contribution in [3.8, 4) is 22.4 Å². The number of rotatable bonds is 3. The number of hydrogen-bond acceptors (Lipinski definition) is 8. The van der Waals surface area contributed by atoms with Crippen LogP contribution in [0, 0.1) is 12.8 Å². The number of carbonyl (C=O) groups excluding carboxylic acids is 4. The summed E-state index contributed by atoms with van der Waals surface area (Å²) in [7, 11) is 0. The van der Waals surface area contributed by atoms with Crippen LogP contribution in [0.15, 0.2) is 48.8 Å². The average Bonchev–Trinajstić information content (AvgIpc) is 3.41. The summed E-state index contributed by atoms with van der Waals surface area (Å²) in [6.07, 6.45) is 5.56. The number of hydrogen-bond donors (Lipinski definition) is 0. The number of ether oxygens (including phenoxy) is 2. The molecule has 2 aromatic carbocycles. The van der Waals surface area contributed by atoms with Crippen LogP contribution in [-0.2, 0) is 27.2 Å². The van der Waals surface area contributed by atoms with E-state index in [2.05, 4.69) is 11.1 Å². The van der Waals surface area contributed by atoms with Crippen molar-refractivity contribution in [3.63, 3.8) is 0 Å². The van der Waals surface area contributed by atoms with Gasteiger partial charge in [-0.1, -0.05) is 18.2 Å². The quantitative estimate of drug-likeness (QED) is 0.205. The molecular formula is C40H45N5O6. The molecule has 0 N–H and O–H groups in total. The van der Waals surface area contributed by atoms with Crippen molar-refractivity contribution in [1.29, 1.82) is 0 Å². The summed E-state index contributed by atoms with van der Waals surface area (Å²) in [6, 6.07) is 11.4. The number of piperidine rings is 2. The lowest BCUT2D eigenvalue weighted by Crippen LogP contribution is -2.58. The third-order valence-corrected chi connectivity index (χ3v) is 9.86. The Morgan fingerprint density at radius 2 is 1.69 bits per heavy atom. The fourth-order valence-electron chi connectivity index (χ4n) is 7.49. The number of aromatic nitrogens is 3. The van der Waals surface area contributed by atoms with Crippen LogP contribution in [0.3, 0.4) is 0 Å². The summed E-state index contributed by atoms with van der Waals surface area (Å²) >= 11 is 0. The molecule has 1 saturated carbocycles. The van der Waals surface area contributed by atoms with Crippen molar-refractivity contribution < 1.29 is 28.7 Å². The maximum Gasteiger partial charge on any atom is 0.420 e. The first-order valence-corrected chi connectivity index (χ1v) is 17.7. The van der Waals surface area contributed by atoms with Crippen LogP contribution < -0.4 is 0 Å². The second-order valence-electron chi connectivity index (χ2n) is 16.0. The van der Waals surface area contributed by atoms with E-state index in [9.17, 15) is 19.2 Å². The van der Waals surface area contributed by atoms with E-state index in [4.69, 9.17) is 14.5 Å². The van der Waals surface area contributed by atoms with Crippen LogP contribution >= 0.6 is 0 Å². The topological polar surface area (TPSA) is 124 Å². The minimum Gasteiger partial charge on any atom is -0.456 e. The van der Waals surface area contributed by atoms with E-state index in [0.717, 1.165) is 40.7 Å². The van der Waals surface area contributed by atoms with E-state index in [1.54, 1.807) is 18.5 Å². The Labute approximate surface area is 297 Å². The van der Waals surface area contributed by atoms with Crippen molar-refractivity contribution in [2.24, 2.45) is 5.92 Å². The summed E-state index contributed by atoms with van der Waals surface area (Å²) < 4.78 is 12.8. The number of fused-ring (bicyclic) bond motifs is 5. The summed E-state index contributed by atoms with van der Waals surface area (Å²) in [5.41, 5.74) is 5.74. The zero-order valence-electron chi connectivity index (χ0n) is 30.4. The molecular weight excluding hydrogens is 646 g/mol. The minimum absolute atomic E-state index is 0.0420. The number of benzene rings is 2. The Balaban J connectivity index is 1.31. The summed E-state index contributed by atoms with van der Waals surface area (Å²) in [4.78, 5) is 66.5. The van der Waals surface area contributed by atoms with Crippen LogP contribution in [0.2, 0.25) is 0 Å². The number of carbonyl (C=O) groups is 4. The molecule has 2 aromatic heterocycles. The van der Waals surface area contributed by atoms with Crippen LogP contribution in [0.25, 0.3) is 33.5 Å². The molecule has 11 nitrogen and oxygen atoms in total. The van der Waals surface area contributed by atoms with E-state index < -0.39 is 23.3 Å². The predicted octanol–water partition coefficient (Wildman–Crippen LogP) is 7.34. The average molecular weight is 692 g/mol. The van der Waals surface area contributed by atoms with Gasteiger partial charge in [-0.3, -0.25) is 4.79 Å². The van der Waals surface area contributed by atoms with Gasteiger partial charge in [0, 0.05) is 49.8 Å². The Morgan fingerprint density at radius 1 is 0.941 bits per heavy atom. The van der Waals surface area contributed by atoms with Crippen LogP contribution in [0.1, 0.15) is 87.9 Å². The molecule has 2 unspecified atom stereocenters. The highest BCUT2D eigenvalue weighted by atomic mass is 16.6. The minimum atomic E-state index is -0.692. The molecule has 4 aromatic rings. The Hall–Kier alpha value is -5.06. The molecule has 2 atom stereocenters. The Bertz CT molecular complexity index is 2090. The van der Waals surface area contributed by atoms with Gasteiger partial charge >= 0.3 is 18.1 Å². The van der Waals surface area contributed by atoms with Gasteiger partial charge in [-0.25, -0.2) is 28.9 Å². The monoisotopic (exact) mass is 691 g/mol. The van der Waals surface area contributed by atoms with E-state index >= 15 is 0 Å². The highest BCUT2D eigenvalue weighted by Gasteiger charge is 2.43. The lowest BCUT2D eigenvalue weighted by atomic mass is 9.79. The van der Waals surface area contributed by atoms with Crippen molar-refractivity contribution in [2.45, 2.75) is 97.9 Å². The molecule has 51 heavy (non-hydrogen) atoms. The van der Waals surface area contributed by atoms with E-state index in [1.807, 2.05) is 82.5 Å². The molecule has 266 valence electrons. The first-order chi connectivity index (χ1) is 24.1. The summed E-state index contributed by atoms with van der Waals surface area (Å²) in [5.74, 6) is -0.237. The van der Waals surface area contributed by atoms with Gasteiger partial charge in [0.05, 0.1) is 17.5 Å². The summed E-state index contributed by atoms with van der Waals surface area (Å²) in [6.45, 7) is 14.2. The van der Waals surface area contributed by atoms with Gasteiger partial charge in [0.1, 0.15) is 22.5 Å². The van der Waals surface area contributed by atoms with E-state index in [0.29, 0.717) is 60.5 Å². The SMILES string of the molecule is Cc1cn(C(=O)OC(C)(C)C)c2ncc(-c3cc4c(c(-c5ccccc5C(=O)OC(C)(C)C)c3)CN(C(=O)N3CC5CCC3CC5=O)CC4)nc12. The van der Waals surface area contributed by atoms with Gasteiger partial charge in [0.25, 0.3) is 0 Å². The predicted molar refractivity (Wildman–Crippen MR) is 192 cm³/mol. The molecule has 11 heteroatoms. The first-order valence-electron chi connectivity index (χ1n) is 17.7. The number of esters is 1. The molecule has 3 aliphatic heterocycles. The maximum absolute atomic E-state index is 14.0. The molecule has 5 heterocycles. The smallest absolute Gasteiger partial charge is 0.420 e. The molecule has 2 saturated heterocycles. The largest absolute Gasteiger partial charge is 0.456 e. The van der Waals surface area contributed by atoms with Gasteiger partial charge < -0.3 is 19.3 Å². The fourth-order valence-corrected chi connectivity index (χ4v) is 7.49. The molecule has 2 amide bonds. The molecule has 8 rings (SSSR count). The second kappa shape index (κ2) is 12.6. The van der Waals surface area contributed by atoms with Gasteiger partial charge in [-0.15, -0.1) is 0 Å². The highest BCUT2D eigenvalue weighted by molar-refractivity contribution is 5.99. The molecule has 0 spiro atoms. The molecule has 2 bridgehead atoms. The third kappa shape index (κ3) is 6.73. The fraction of sp³-hybridized carbons (Fsp3) is 0.450. The zero-order chi connectivity index (χ0) is 36.4. The zero-order valence-corrected chi connectivity index (χ0v) is 30.4. The number of nitrogens with zero attached hydrogens (tertiary/aromatic N) is 5. The lowest BCUT2D eigenvalue weighted by molar-refractivity contribution is -0.131. The van der Waals surface area contributed by atoms with Gasteiger partial charge in [0.15, 0.2) is 5.65 Å². The van der Waals surface area contributed by atoms with E-state index in [1.165, 1.54) is 4.57 Å². The standard InChI is InChI=1S/C40H45N5O6/c1-23-20-45(38(49)51-40(5,6)7)35-34(23)42-32(19-41-35)26-16-24-14-15-43(37(48)44-21-25-12-13-27(44)18-33(25)46)22-31(24)30(17-26)28-10-8-9-11-29(28)36(47)50-39(2,3)4/h8-11,16-17,19-20,25,27H,12-15,18,21-22H2,1-7H3.